The molecule has 0 aromatic carbocycles. The Morgan fingerprint density at radius 1 is 1.56 bits per heavy atom. The lowest BCUT2D eigenvalue weighted by molar-refractivity contribution is 0.0594. The summed E-state index contributed by atoms with van der Waals surface area (Å²) in [5.41, 5.74) is 0.804. The van der Waals surface area contributed by atoms with Gasteiger partial charge < -0.3 is 4.74 Å². The molecule has 2 rings (SSSR count). The molecule has 6 nitrogen and oxygen atoms in total. The van der Waals surface area contributed by atoms with E-state index < -0.39 is 5.97 Å². The first kappa shape index (κ1) is 10.6. The predicted molar refractivity (Wildman–Crippen MR) is 55.5 cm³/mol. The van der Waals surface area contributed by atoms with Gasteiger partial charge in [-0.1, -0.05) is 16.8 Å². The third kappa shape index (κ3) is 2.01. The predicted octanol–water partition coefficient (Wildman–Crippen LogP) is 1.10. The Morgan fingerprint density at radius 3 is 3.06 bits per heavy atom. The third-order valence-electron chi connectivity index (χ3n) is 1.86. The van der Waals surface area contributed by atoms with Crippen LogP contribution >= 0.6 is 11.6 Å². The van der Waals surface area contributed by atoms with Crippen LogP contribution in [0.2, 0.25) is 5.15 Å². The molecule has 82 valence electrons. The molecule has 0 spiro atoms. The highest BCUT2D eigenvalue weighted by Crippen LogP contribution is 2.11. The van der Waals surface area contributed by atoms with E-state index >= 15 is 0 Å². The molecular formula is C9H7ClN4O2. The van der Waals surface area contributed by atoms with Crippen molar-refractivity contribution in [3.63, 3.8) is 0 Å². The topological polar surface area (TPSA) is 69.9 Å². The second-order valence-corrected chi connectivity index (χ2v) is 3.26. The molecule has 7 heteroatoms. The second kappa shape index (κ2) is 4.28. The highest BCUT2D eigenvalue weighted by atomic mass is 35.5. The van der Waals surface area contributed by atoms with Crippen LogP contribution in [0, 0.1) is 0 Å². The lowest BCUT2D eigenvalue weighted by atomic mass is 10.4. The summed E-state index contributed by atoms with van der Waals surface area (Å²) in [6.07, 6.45) is 2.99. The summed E-state index contributed by atoms with van der Waals surface area (Å²) in [6, 6.07) is 3.30. The van der Waals surface area contributed by atoms with Crippen molar-refractivity contribution in [1.29, 1.82) is 0 Å². The van der Waals surface area contributed by atoms with Gasteiger partial charge in [0.1, 0.15) is 5.15 Å². The molecule has 0 fully saturated rings. The van der Waals surface area contributed by atoms with Crippen LogP contribution in [0.4, 0.5) is 0 Å². The van der Waals surface area contributed by atoms with E-state index in [1.807, 2.05) is 0 Å². The summed E-state index contributed by atoms with van der Waals surface area (Å²) in [7, 11) is 1.28. The molecule has 0 saturated heterocycles. The van der Waals surface area contributed by atoms with Crippen LogP contribution in [0.1, 0.15) is 10.5 Å². The minimum atomic E-state index is -0.536. The smallest absolute Gasteiger partial charge is 0.360 e. The van der Waals surface area contributed by atoms with E-state index in [1.54, 1.807) is 12.1 Å². The number of esters is 1. The van der Waals surface area contributed by atoms with Gasteiger partial charge in [-0.25, -0.2) is 14.5 Å². The molecule has 0 aliphatic rings. The van der Waals surface area contributed by atoms with E-state index in [2.05, 4.69) is 20.0 Å². The van der Waals surface area contributed by atoms with Crippen molar-refractivity contribution in [1.82, 2.24) is 20.0 Å². The number of ether oxygens (including phenoxy) is 1. The van der Waals surface area contributed by atoms with Gasteiger partial charge in [0.05, 0.1) is 19.0 Å². The highest BCUT2D eigenvalue weighted by molar-refractivity contribution is 6.29. The third-order valence-corrected chi connectivity index (χ3v) is 2.07. The maximum Gasteiger partial charge on any atom is 0.360 e. The van der Waals surface area contributed by atoms with Crippen LogP contribution in [-0.4, -0.2) is 33.1 Å². The Kier molecular flexibility index (Phi) is 2.82. The Hall–Kier alpha value is -1.95. The van der Waals surface area contributed by atoms with Crippen molar-refractivity contribution in [2.75, 3.05) is 7.11 Å². The standard InChI is InChI=1S/C9H7ClN4O2/c1-16-9(15)7-5-14(13-12-7)6-2-3-11-8(10)4-6/h2-5H,1H3. The molecule has 2 aromatic heterocycles. The molecule has 0 aliphatic carbocycles. The van der Waals surface area contributed by atoms with Gasteiger partial charge >= 0.3 is 5.97 Å². The van der Waals surface area contributed by atoms with Crippen molar-refractivity contribution in [3.8, 4) is 5.69 Å². The van der Waals surface area contributed by atoms with Gasteiger partial charge in [0, 0.05) is 12.3 Å². The zero-order chi connectivity index (χ0) is 11.5. The molecule has 0 N–H and O–H groups in total. The van der Waals surface area contributed by atoms with Crippen LogP contribution in [0.5, 0.6) is 0 Å². The molecule has 0 aliphatic heterocycles. The first-order valence-electron chi connectivity index (χ1n) is 4.33. The minimum Gasteiger partial charge on any atom is -0.464 e. The normalized spacial score (nSPS) is 10.1. The van der Waals surface area contributed by atoms with Gasteiger partial charge in [0.2, 0.25) is 0 Å². The van der Waals surface area contributed by atoms with Gasteiger partial charge in [-0.3, -0.25) is 0 Å². The number of hydrogen-bond acceptors (Lipinski definition) is 5. The first-order chi connectivity index (χ1) is 7.70. The van der Waals surface area contributed by atoms with E-state index in [4.69, 9.17) is 11.6 Å². The van der Waals surface area contributed by atoms with Gasteiger partial charge in [-0.2, -0.15) is 0 Å². The van der Waals surface area contributed by atoms with E-state index in [0.717, 1.165) is 0 Å². The molecule has 0 amide bonds. The summed E-state index contributed by atoms with van der Waals surface area (Å²) < 4.78 is 5.93. The quantitative estimate of drug-likeness (QED) is 0.579. The largest absolute Gasteiger partial charge is 0.464 e. The van der Waals surface area contributed by atoms with Crippen molar-refractivity contribution in [2.45, 2.75) is 0 Å². The average Bonchev–Trinajstić information content (AvgIpc) is 2.77. The van der Waals surface area contributed by atoms with Crippen LogP contribution in [0.3, 0.4) is 0 Å². The lowest BCUT2D eigenvalue weighted by Crippen LogP contribution is -2.01. The van der Waals surface area contributed by atoms with Crippen molar-refractivity contribution in [2.24, 2.45) is 0 Å². The minimum absolute atomic E-state index is 0.135. The number of aromatic nitrogens is 4. The number of methoxy groups -OCH3 is 1. The molecule has 2 heterocycles. The zero-order valence-corrected chi connectivity index (χ0v) is 9.05. The average molecular weight is 239 g/mol. The summed E-state index contributed by atoms with van der Waals surface area (Å²) in [5.74, 6) is -0.536. The fourth-order valence-corrected chi connectivity index (χ4v) is 1.29. The van der Waals surface area contributed by atoms with Crippen molar-refractivity contribution < 1.29 is 9.53 Å². The number of nitrogens with zero attached hydrogens (tertiary/aromatic N) is 4. The lowest BCUT2D eigenvalue weighted by Gasteiger charge is -1.98. The number of hydrogen-bond donors (Lipinski definition) is 0. The molecule has 2 aromatic rings. The van der Waals surface area contributed by atoms with Gasteiger partial charge in [0.15, 0.2) is 5.69 Å². The van der Waals surface area contributed by atoms with E-state index in [-0.39, 0.29) is 5.69 Å². The SMILES string of the molecule is COC(=O)c1cn(-c2ccnc(Cl)c2)nn1. The number of carbonyl (C=O) groups excluding carboxylic acids is 1. The zero-order valence-electron chi connectivity index (χ0n) is 8.29. The number of carbonyl (C=O) groups is 1. The fourth-order valence-electron chi connectivity index (χ4n) is 1.12. The molecular weight excluding hydrogens is 232 g/mol. The molecule has 0 saturated carbocycles. The molecule has 0 unspecified atom stereocenters. The Labute approximate surface area is 95.8 Å². The van der Waals surface area contributed by atoms with Gasteiger partial charge in [-0.15, -0.1) is 5.10 Å². The van der Waals surface area contributed by atoms with Crippen LogP contribution in [0.15, 0.2) is 24.5 Å². The summed E-state index contributed by atoms with van der Waals surface area (Å²) >= 11 is 5.73. The molecule has 0 radical (unpaired) electrons. The summed E-state index contributed by atoms with van der Waals surface area (Å²) in [6.45, 7) is 0. The Morgan fingerprint density at radius 2 is 2.38 bits per heavy atom. The number of rotatable bonds is 2. The second-order valence-electron chi connectivity index (χ2n) is 2.88. The van der Waals surface area contributed by atoms with Crippen molar-refractivity contribution >= 4 is 17.6 Å². The summed E-state index contributed by atoms with van der Waals surface area (Å²) in [4.78, 5) is 15.0. The van der Waals surface area contributed by atoms with Gasteiger partial charge in [0.25, 0.3) is 0 Å². The maximum absolute atomic E-state index is 11.1. The molecule has 0 bridgehead atoms. The molecule has 0 atom stereocenters. The van der Waals surface area contributed by atoms with Gasteiger partial charge in [-0.05, 0) is 6.07 Å². The Bertz CT molecular complexity index is 526. The Balaban J connectivity index is 2.35. The highest BCUT2D eigenvalue weighted by Gasteiger charge is 2.11. The van der Waals surface area contributed by atoms with Crippen LogP contribution < -0.4 is 0 Å². The number of pyridine rings is 1. The van der Waals surface area contributed by atoms with Crippen LogP contribution in [0.25, 0.3) is 5.69 Å². The molecule has 16 heavy (non-hydrogen) atoms. The summed E-state index contributed by atoms with van der Waals surface area (Å²) in [5, 5.41) is 7.78. The van der Waals surface area contributed by atoms with Crippen LogP contribution in [-0.2, 0) is 4.74 Å². The fraction of sp³-hybridized carbons (Fsp3) is 0.111. The van der Waals surface area contributed by atoms with Crippen molar-refractivity contribution in [3.05, 3.63) is 35.4 Å². The number of halogens is 1. The van der Waals surface area contributed by atoms with E-state index in [9.17, 15) is 4.79 Å². The maximum atomic E-state index is 11.1. The monoisotopic (exact) mass is 238 g/mol. The van der Waals surface area contributed by atoms with E-state index in [1.165, 1.54) is 24.2 Å². The van der Waals surface area contributed by atoms with E-state index in [0.29, 0.717) is 10.8 Å². The first-order valence-corrected chi connectivity index (χ1v) is 4.71.